The molecule has 2 fully saturated rings. The molecule has 2 amide bonds. The van der Waals surface area contributed by atoms with E-state index in [-0.39, 0.29) is 18.1 Å². The van der Waals surface area contributed by atoms with Crippen LogP contribution in [0, 0.1) is 6.92 Å². The second-order valence-corrected chi connectivity index (χ2v) is 6.42. The van der Waals surface area contributed by atoms with E-state index in [1.165, 1.54) is 0 Å². The minimum atomic E-state index is -0.0349. The first kappa shape index (κ1) is 17.3. The summed E-state index contributed by atoms with van der Waals surface area (Å²) in [6, 6.07) is 4.06. The van der Waals surface area contributed by atoms with Crippen molar-refractivity contribution in [1.82, 2.24) is 15.1 Å². The van der Waals surface area contributed by atoms with E-state index in [0.29, 0.717) is 39.5 Å². The number of aryl methyl sites for hydroxylation is 1. The maximum absolute atomic E-state index is 12.5. The van der Waals surface area contributed by atoms with E-state index < -0.39 is 0 Å². The third-order valence-corrected chi connectivity index (χ3v) is 4.65. The van der Waals surface area contributed by atoms with Crippen molar-refractivity contribution >= 4 is 6.03 Å². The largest absolute Gasteiger partial charge is 0.465 e. The Morgan fingerprint density at radius 2 is 2.00 bits per heavy atom. The molecule has 0 spiro atoms. The van der Waals surface area contributed by atoms with Crippen LogP contribution in [0.5, 0.6) is 0 Å². The lowest BCUT2D eigenvalue weighted by atomic mass is 10.1. The molecule has 2 aliphatic rings. The Bertz CT molecular complexity index is 542. The van der Waals surface area contributed by atoms with Gasteiger partial charge in [-0.25, -0.2) is 4.79 Å². The van der Waals surface area contributed by atoms with Crippen molar-refractivity contribution in [3.63, 3.8) is 0 Å². The molecule has 0 radical (unpaired) electrons. The van der Waals surface area contributed by atoms with E-state index in [0.717, 1.165) is 24.6 Å². The van der Waals surface area contributed by atoms with Crippen LogP contribution in [-0.4, -0.2) is 74.5 Å². The molecule has 3 rings (SSSR count). The highest BCUT2D eigenvalue weighted by atomic mass is 16.5. The van der Waals surface area contributed by atoms with Crippen molar-refractivity contribution in [2.24, 2.45) is 0 Å². The van der Waals surface area contributed by atoms with Crippen LogP contribution >= 0.6 is 0 Å². The van der Waals surface area contributed by atoms with Crippen LogP contribution in [0.1, 0.15) is 24.5 Å². The van der Waals surface area contributed by atoms with E-state index in [1.807, 2.05) is 30.9 Å². The van der Waals surface area contributed by atoms with Gasteiger partial charge in [-0.05, 0) is 26.0 Å². The molecule has 134 valence electrons. The Labute approximate surface area is 142 Å². The molecule has 0 aromatic carbocycles. The monoisotopic (exact) mass is 337 g/mol. The highest BCUT2D eigenvalue weighted by Crippen LogP contribution is 2.23. The predicted octanol–water partition coefficient (Wildman–Crippen LogP) is 1.39. The van der Waals surface area contributed by atoms with Crippen molar-refractivity contribution in [2.45, 2.75) is 25.9 Å². The predicted molar refractivity (Wildman–Crippen MR) is 89.0 cm³/mol. The number of furan rings is 1. The van der Waals surface area contributed by atoms with Crippen LogP contribution in [0.4, 0.5) is 4.79 Å². The van der Waals surface area contributed by atoms with Gasteiger partial charge in [0.15, 0.2) is 0 Å². The van der Waals surface area contributed by atoms with Gasteiger partial charge in [-0.2, -0.15) is 0 Å². The lowest BCUT2D eigenvalue weighted by Crippen LogP contribution is -2.53. The maximum Gasteiger partial charge on any atom is 0.317 e. The zero-order valence-electron chi connectivity index (χ0n) is 14.5. The SMILES string of the molecule is Cc1ccc(C(CNC(=O)N2CCOCC2C)N2CCOCC2)o1. The van der Waals surface area contributed by atoms with Gasteiger partial charge in [-0.15, -0.1) is 0 Å². The normalized spacial score (nSPS) is 23.9. The molecular weight excluding hydrogens is 310 g/mol. The number of amides is 2. The number of carbonyl (C=O) groups excluding carboxylic acids is 1. The summed E-state index contributed by atoms with van der Waals surface area (Å²) in [5.74, 6) is 1.78. The van der Waals surface area contributed by atoms with Gasteiger partial charge in [0.2, 0.25) is 0 Å². The Kier molecular flexibility index (Phi) is 5.76. The highest BCUT2D eigenvalue weighted by Gasteiger charge is 2.28. The van der Waals surface area contributed by atoms with Crippen LogP contribution < -0.4 is 5.32 Å². The summed E-state index contributed by atoms with van der Waals surface area (Å²) in [6.45, 7) is 9.41. The van der Waals surface area contributed by atoms with Gasteiger partial charge in [0, 0.05) is 26.2 Å². The van der Waals surface area contributed by atoms with Gasteiger partial charge < -0.3 is 24.1 Å². The molecule has 7 nitrogen and oxygen atoms in total. The Hall–Kier alpha value is -1.57. The van der Waals surface area contributed by atoms with Gasteiger partial charge in [0.25, 0.3) is 0 Å². The standard InChI is InChI=1S/C17H27N3O4/c1-13-12-23-10-7-20(13)17(21)18-11-15(16-4-3-14(2)24-16)19-5-8-22-9-6-19/h3-4,13,15H,5-12H2,1-2H3,(H,18,21). The molecule has 2 aliphatic heterocycles. The fourth-order valence-electron chi connectivity index (χ4n) is 3.25. The molecule has 1 N–H and O–H groups in total. The van der Waals surface area contributed by atoms with E-state index >= 15 is 0 Å². The number of urea groups is 1. The molecule has 24 heavy (non-hydrogen) atoms. The van der Waals surface area contributed by atoms with Crippen molar-refractivity contribution in [2.75, 3.05) is 52.6 Å². The van der Waals surface area contributed by atoms with Crippen molar-refractivity contribution in [3.05, 3.63) is 23.7 Å². The second-order valence-electron chi connectivity index (χ2n) is 6.42. The van der Waals surface area contributed by atoms with Gasteiger partial charge in [0.1, 0.15) is 11.5 Å². The van der Waals surface area contributed by atoms with Crippen molar-refractivity contribution < 1.29 is 18.7 Å². The number of nitrogens with one attached hydrogen (secondary N) is 1. The maximum atomic E-state index is 12.5. The fraction of sp³-hybridized carbons (Fsp3) is 0.706. The average Bonchev–Trinajstić information content (AvgIpc) is 3.02. The Balaban J connectivity index is 1.64. The molecule has 3 heterocycles. The second kappa shape index (κ2) is 8.00. The summed E-state index contributed by atoms with van der Waals surface area (Å²) in [5, 5.41) is 3.08. The van der Waals surface area contributed by atoms with Gasteiger partial charge in [0.05, 0.1) is 38.5 Å². The minimum Gasteiger partial charge on any atom is -0.465 e. The van der Waals surface area contributed by atoms with Crippen LogP contribution in [-0.2, 0) is 9.47 Å². The molecular formula is C17H27N3O4. The van der Waals surface area contributed by atoms with E-state index in [4.69, 9.17) is 13.9 Å². The third-order valence-electron chi connectivity index (χ3n) is 4.65. The van der Waals surface area contributed by atoms with Gasteiger partial charge in [-0.1, -0.05) is 0 Å². The third kappa shape index (κ3) is 4.09. The summed E-state index contributed by atoms with van der Waals surface area (Å²) in [7, 11) is 0. The average molecular weight is 337 g/mol. The first-order valence-electron chi connectivity index (χ1n) is 8.65. The lowest BCUT2D eigenvalue weighted by molar-refractivity contribution is 0.00842. The molecule has 2 saturated heterocycles. The number of ether oxygens (including phenoxy) is 2. The zero-order chi connectivity index (χ0) is 16.9. The number of nitrogens with zero attached hydrogens (tertiary/aromatic N) is 2. The lowest BCUT2D eigenvalue weighted by Gasteiger charge is -2.36. The Morgan fingerprint density at radius 3 is 2.67 bits per heavy atom. The molecule has 2 atom stereocenters. The molecule has 0 saturated carbocycles. The number of morpholine rings is 2. The molecule has 1 aromatic rings. The molecule has 2 unspecified atom stereocenters. The summed E-state index contributed by atoms with van der Waals surface area (Å²) < 4.78 is 16.7. The van der Waals surface area contributed by atoms with Crippen LogP contribution in [0.3, 0.4) is 0 Å². The smallest absolute Gasteiger partial charge is 0.317 e. The fourth-order valence-corrected chi connectivity index (χ4v) is 3.25. The zero-order valence-corrected chi connectivity index (χ0v) is 14.5. The summed E-state index contributed by atoms with van der Waals surface area (Å²) in [4.78, 5) is 16.7. The molecule has 0 bridgehead atoms. The summed E-state index contributed by atoms with van der Waals surface area (Å²) in [5.41, 5.74) is 0. The molecule has 1 aromatic heterocycles. The number of hydrogen-bond acceptors (Lipinski definition) is 5. The number of hydrogen-bond donors (Lipinski definition) is 1. The van der Waals surface area contributed by atoms with Crippen LogP contribution in [0.25, 0.3) is 0 Å². The van der Waals surface area contributed by atoms with Crippen LogP contribution in [0.15, 0.2) is 16.5 Å². The summed E-state index contributed by atoms with van der Waals surface area (Å²) in [6.07, 6.45) is 0. The first-order valence-corrected chi connectivity index (χ1v) is 8.65. The van der Waals surface area contributed by atoms with E-state index in [2.05, 4.69) is 10.2 Å². The van der Waals surface area contributed by atoms with Crippen LogP contribution in [0.2, 0.25) is 0 Å². The van der Waals surface area contributed by atoms with Crippen molar-refractivity contribution in [3.8, 4) is 0 Å². The van der Waals surface area contributed by atoms with Crippen molar-refractivity contribution in [1.29, 1.82) is 0 Å². The Morgan fingerprint density at radius 1 is 1.25 bits per heavy atom. The molecule has 7 heteroatoms. The van der Waals surface area contributed by atoms with E-state index in [9.17, 15) is 4.79 Å². The van der Waals surface area contributed by atoms with E-state index in [1.54, 1.807) is 0 Å². The minimum absolute atomic E-state index is 0.0305. The topological polar surface area (TPSA) is 67.2 Å². The molecule has 0 aliphatic carbocycles. The van der Waals surface area contributed by atoms with Gasteiger partial charge in [-0.3, -0.25) is 4.90 Å². The summed E-state index contributed by atoms with van der Waals surface area (Å²) >= 11 is 0. The highest BCUT2D eigenvalue weighted by molar-refractivity contribution is 5.74. The quantitative estimate of drug-likeness (QED) is 0.899. The van der Waals surface area contributed by atoms with Gasteiger partial charge >= 0.3 is 6.03 Å². The first-order chi connectivity index (χ1) is 11.6. The number of rotatable bonds is 4. The number of carbonyl (C=O) groups is 1.